The van der Waals surface area contributed by atoms with Crippen LogP contribution in [0.2, 0.25) is 0 Å². The minimum absolute atomic E-state index is 0.872. The number of hydrogen-bond donors (Lipinski definition) is 0. The van der Waals surface area contributed by atoms with Gasteiger partial charge in [0.25, 0.3) is 0 Å². The molecule has 3 aromatic heterocycles. The Kier molecular flexibility index (Phi) is 5.00. The van der Waals surface area contributed by atoms with Crippen molar-refractivity contribution in [2.75, 3.05) is 0 Å². The molecule has 0 saturated carbocycles. The van der Waals surface area contributed by atoms with Crippen LogP contribution < -0.4 is 0 Å². The third-order valence-electron chi connectivity index (χ3n) is 9.31. The summed E-state index contributed by atoms with van der Waals surface area (Å²) in [5, 5.41) is 8.50. The fraction of sp³-hybridized carbons (Fsp3) is 0. The first-order chi connectivity index (χ1) is 22.3. The zero-order chi connectivity index (χ0) is 29.5. The van der Waals surface area contributed by atoms with Crippen molar-refractivity contribution in [1.82, 2.24) is 9.13 Å². The lowest BCUT2D eigenvalue weighted by Gasteiger charge is -2.12. The molecule has 0 spiro atoms. The van der Waals surface area contributed by atoms with Crippen LogP contribution in [-0.2, 0) is 0 Å². The molecule has 7 aromatic carbocycles. The molecule has 0 aliphatic rings. The van der Waals surface area contributed by atoms with Gasteiger partial charge in [0.2, 0.25) is 5.71 Å². The first kappa shape index (κ1) is 24.4. The van der Waals surface area contributed by atoms with E-state index in [-0.39, 0.29) is 0 Å². The summed E-state index contributed by atoms with van der Waals surface area (Å²) in [7, 11) is 0. The molecule has 0 aliphatic heterocycles. The summed E-state index contributed by atoms with van der Waals surface area (Å²) in [6.07, 6.45) is 0. The lowest BCUT2D eigenvalue weighted by atomic mass is 9.97. The molecule has 210 valence electrons. The van der Waals surface area contributed by atoms with E-state index in [1.165, 1.54) is 49.1 Å². The summed E-state index contributed by atoms with van der Waals surface area (Å²) in [4.78, 5) is 0. The molecule has 10 aromatic rings. The molecule has 3 nitrogen and oxygen atoms in total. The first-order valence-electron chi connectivity index (χ1n) is 15.4. The van der Waals surface area contributed by atoms with Crippen LogP contribution in [0.25, 0.3) is 88.1 Å². The van der Waals surface area contributed by atoms with Gasteiger partial charge in [-0.1, -0.05) is 109 Å². The second kappa shape index (κ2) is 9.22. The number of para-hydroxylation sites is 3. The highest BCUT2D eigenvalue weighted by molar-refractivity contribution is 6.20. The smallest absolute Gasteiger partial charge is 0.213 e. The topological polar surface area (TPSA) is 23.0 Å². The predicted molar refractivity (Wildman–Crippen MR) is 188 cm³/mol. The summed E-state index contributed by atoms with van der Waals surface area (Å²) in [6.45, 7) is 0. The summed E-state index contributed by atoms with van der Waals surface area (Å²) in [6, 6.07) is 56.5. The zero-order valence-corrected chi connectivity index (χ0v) is 24.3. The van der Waals surface area contributed by atoms with E-state index in [0.717, 1.165) is 39.0 Å². The summed E-state index contributed by atoms with van der Waals surface area (Å²) >= 11 is 0. The fourth-order valence-electron chi connectivity index (χ4n) is 7.36. The van der Waals surface area contributed by atoms with Crippen molar-refractivity contribution in [3.8, 4) is 22.5 Å². The van der Waals surface area contributed by atoms with E-state index in [9.17, 15) is 0 Å². The quantitative estimate of drug-likeness (QED) is 0.206. The van der Waals surface area contributed by atoms with Crippen molar-refractivity contribution in [2.24, 2.45) is 0 Å². The number of hydrogen-bond acceptors (Lipinski definition) is 1. The molecule has 0 bridgehead atoms. The molecule has 10 rings (SSSR count). The minimum Gasteiger partial charge on any atom is -0.439 e. The molecule has 3 heterocycles. The van der Waals surface area contributed by atoms with Crippen molar-refractivity contribution in [3.05, 3.63) is 158 Å². The number of aromatic nitrogens is 2. The SMILES string of the molecule is c1cc(-n2c3ccccc3c3cc(-c4cccc5ccccc45)ccc32)cc(-n2c3ccccc3c3c4ccccc4oc32)c1. The highest BCUT2D eigenvalue weighted by Crippen LogP contribution is 2.40. The Balaban J connectivity index is 1.21. The Bertz CT molecular complexity index is 2770. The van der Waals surface area contributed by atoms with Crippen LogP contribution in [0.5, 0.6) is 0 Å². The molecule has 0 radical (unpaired) electrons. The Morgan fingerprint density at radius 2 is 1.02 bits per heavy atom. The largest absolute Gasteiger partial charge is 0.439 e. The molecule has 0 fully saturated rings. The van der Waals surface area contributed by atoms with Crippen molar-refractivity contribution in [1.29, 1.82) is 0 Å². The molecular formula is C42H26N2O. The third kappa shape index (κ3) is 3.46. The van der Waals surface area contributed by atoms with Crippen LogP contribution in [0.15, 0.2) is 162 Å². The van der Waals surface area contributed by atoms with E-state index >= 15 is 0 Å². The van der Waals surface area contributed by atoms with Gasteiger partial charge in [0.15, 0.2) is 0 Å². The summed E-state index contributed by atoms with van der Waals surface area (Å²) in [5.74, 6) is 0. The van der Waals surface area contributed by atoms with Gasteiger partial charge in [-0.05, 0) is 70.4 Å². The van der Waals surface area contributed by atoms with Gasteiger partial charge in [-0.25, -0.2) is 0 Å². The molecule has 0 atom stereocenters. The van der Waals surface area contributed by atoms with Crippen molar-refractivity contribution < 1.29 is 4.42 Å². The second-order valence-electron chi connectivity index (χ2n) is 11.8. The van der Waals surface area contributed by atoms with Crippen molar-refractivity contribution >= 4 is 65.6 Å². The second-order valence-corrected chi connectivity index (χ2v) is 11.8. The van der Waals surface area contributed by atoms with Gasteiger partial charge in [-0.15, -0.1) is 0 Å². The maximum atomic E-state index is 6.54. The van der Waals surface area contributed by atoms with Gasteiger partial charge >= 0.3 is 0 Å². The molecule has 3 heteroatoms. The Labute approximate surface area is 258 Å². The first-order valence-corrected chi connectivity index (χ1v) is 15.4. The van der Waals surface area contributed by atoms with Crippen LogP contribution in [0.1, 0.15) is 0 Å². The Morgan fingerprint density at radius 1 is 0.400 bits per heavy atom. The fourth-order valence-corrected chi connectivity index (χ4v) is 7.36. The summed E-state index contributed by atoms with van der Waals surface area (Å²) in [5.41, 5.74) is 9.93. The molecular weight excluding hydrogens is 548 g/mol. The number of nitrogens with zero attached hydrogens (tertiary/aromatic N) is 2. The van der Waals surface area contributed by atoms with Gasteiger partial charge in [0, 0.05) is 27.2 Å². The Morgan fingerprint density at radius 3 is 1.89 bits per heavy atom. The lowest BCUT2D eigenvalue weighted by molar-refractivity contribution is 0.645. The molecule has 0 N–H and O–H groups in total. The predicted octanol–water partition coefficient (Wildman–Crippen LogP) is 11.4. The molecule has 0 aliphatic carbocycles. The molecule has 0 unspecified atom stereocenters. The normalized spacial score (nSPS) is 12.0. The van der Waals surface area contributed by atoms with Crippen LogP contribution in [0.3, 0.4) is 0 Å². The molecule has 0 saturated heterocycles. The minimum atomic E-state index is 0.872. The molecule has 45 heavy (non-hydrogen) atoms. The van der Waals surface area contributed by atoms with E-state index in [1.807, 2.05) is 6.07 Å². The van der Waals surface area contributed by atoms with Crippen LogP contribution in [0, 0.1) is 0 Å². The van der Waals surface area contributed by atoms with Crippen LogP contribution in [0.4, 0.5) is 0 Å². The average molecular weight is 575 g/mol. The van der Waals surface area contributed by atoms with Gasteiger partial charge in [-0.2, -0.15) is 0 Å². The maximum absolute atomic E-state index is 6.54. The van der Waals surface area contributed by atoms with Gasteiger partial charge in [0.05, 0.1) is 27.6 Å². The number of furan rings is 1. The van der Waals surface area contributed by atoms with E-state index in [4.69, 9.17) is 4.42 Å². The lowest BCUT2D eigenvalue weighted by Crippen LogP contribution is -1.98. The summed E-state index contributed by atoms with van der Waals surface area (Å²) < 4.78 is 11.2. The monoisotopic (exact) mass is 574 g/mol. The van der Waals surface area contributed by atoms with Gasteiger partial charge in [-0.3, -0.25) is 4.57 Å². The molecule has 0 amide bonds. The van der Waals surface area contributed by atoms with Gasteiger partial charge < -0.3 is 8.98 Å². The maximum Gasteiger partial charge on any atom is 0.213 e. The third-order valence-corrected chi connectivity index (χ3v) is 9.31. The van der Waals surface area contributed by atoms with E-state index in [2.05, 4.69) is 161 Å². The number of benzene rings is 7. The average Bonchev–Trinajstić information content (AvgIpc) is 3.74. The zero-order valence-electron chi connectivity index (χ0n) is 24.3. The van der Waals surface area contributed by atoms with Crippen molar-refractivity contribution in [2.45, 2.75) is 0 Å². The highest BCUT2D eigenvalue weighted by Gasteiger charge is 2.20. The van der Waals surface area contributed by atoms with E-state index in [1.54, 1.807) is 0 Å². The Hall–Kier alpha value is -6.06. The standard InChI is InChI=1S/C42H26N2O/c1-2-15-31-27(11-1)12-9-19-32(31)28-23-24-39-36(25-28)33-16-3-6-20-37(33)43(39)29-13-10-14-30(26-29)44-38-21-7-4-17-34(38)41-35-18-5-8-22-40(35)45-42(41)44/h1-26H. The van der Waals surface area contributed by atoms with E-state index in [0.29, 0.717) is 0 Å². The van der Waals surface area contributed by atoms with E-state index < -0.39 is 0 Å². The van der Waals surface area contributed by atoms with Gasteiger partial charge in [0.1, 0.15) is 5.58 Å². The van der Waals surface area contributed by atoms with Crippen LogP contribution in [-0.4, -0.2) is 9.13 Å². The highest BCUT2D eigenvalue weighted by atomic mass is 16.3. The number of rotatable bonds is 3. The number of fused-ring (bicyclic) bond motifs is 9. The van der Waals surface area contributed by atoms with Crippen molar-refractivity contribution in [3.63, 3.8) is 0 Å². The van der Waals surface area contributed by atoms with Crippen LogP contribution >= 0.6 is 0 Å².